The third-order valence-corrected chi connectivity index (χ3v) is 8.68. The third kappa shape index (κ3) is 8.03. The van der Waals surface area contributed by atoms with Gasteiger partial charge >= 0.3 is 0 Å². The molecule has 1 aliphatic heterocycles. The number of carbonyl (C=O) groups is 1. The Balaban J connectivity index is 1.90. The lowest BCUT2D eigenvalue weighted by Crippen LogP contribution is -2.64. The topological polar surface area (TPSA) is 107 Å². The van der Waals surface area contributed by atoms with Crippen LogP contribution in [0.15, 0.2) is 49.1 Å². The van der Waals surface area contributed by atoms with E-state index >= 15 is 0 Å². The fraction of sp³-hybridized carbons (Fsp3) is 0.414. The molecule has 2 aromatic carbocycles. The van der Waals surface area contributed by atoms with Gasteiger partial charge < -0.3 is 25.3 Å². The molecule has 1 saturated heterocycles. The van der Waals surface area contributed by atoms with E-state index in [0.29, 0.717) is 29.2 Å². The zero-order chi connectivity index (χ0) is 29.7. The summed E-state index contributed by atoms with van der Waals surface area (Å²) in [7, 11) is 2.99. The van der Waals surface area contributed by atoms with E-state index in [0.717, 1.165) is 11.0 Å². The maximum Gasteiger partial charge on any atom is 0.247 e. The number of benzene rings is 2. The van der Waals surface area contributed by atoms with Crippen molar-refractivity contribution in [3.8, 4) is 17.6 Å². The summed E-state index contributed by atoms with van der Waals surface area (Å²) in [6, 6.07) is 11.1. The number of alkyl halides is 1. The highest BCUT2D eigenvalue weighted by molar-refractivity contribution is 7.70. The molecule has 2 aromatic rings. The van der Waals surface area contributed by atoms with Gasteiger partial charge in [-0.15, -0.1) is 11.6 Å². The monoisotopic (exact) mass is 586 g/mol. The maximum absolute atomic E-state index is 12.8. The first-order valence-corrected chi connectivity index (χ1v) is 16.0. The van der Waals surface area contributed by atoms with Gasteiger partial charge in [-0.1, -0.05) is 30.6 Å². The standard InChI is InChI=1S/C29H40ClN6O3P/c1-9-26(37)32-22-17-23(24(39-6)16-19(22)14-15-29(2,3)36(4)5)34-28-31-18-20(30)27(35-28)33-21-12-10-11-13-25(21)40(7,8)38/h9-13,16-17,20,27-28,31,33-35H,1,18H2,2-8H3,(H,32,37). The van der Waals surface area contributed by atoms with Crippen LogP contribution in [-0.4, -0.2) is 75.3 Å². The number of methoxy groups -OCH3 is 1. The molecule has 216 valence electrons. The van der Waals surface area contributed by atoms with Crippen LogP contribution in [0.1, 0.15) is 19.4 Å². The predicted molar refractivity (Wildman–Crippen MR) is 168 cm³/mol. The molecule has 9 nitrogen and oxygen atoms in total. The van der Waals surface area contributed by atoms with Gasteiger partial charge in [0.1, 0.15) is 19.2 Å². The lowest BCUT2D eigenvalue weighted by molar-refractivity contribution is -0.111. The second-order valence-corrected chi connectivity index (χ2v) is 14.4. The van der Waals surface area contributed by atoms with E-state index in [2.05, 4.69) is 45.0 Å². The number of amides is 1. The molecule has 1 aliphatic rings. The molecule has 0 bridgehead atoms. The number of ether oxygens (including phenoxy) is 1. The van der Waals surface area contributed by atoms with Crippen molar-refractivity contribution in [3.05, 3.63) is 54.6 Å². The van der Waals surface area contributed by atoms with E-state index in [4.69, 9.17) is 16.3 Å². The van der Waals surface area contributed by atoms with E-state index in [9.17, 15) is 9.36 Å². The van der Waals surface area contributed by atoms with Gasteiger partial charge in [0.2, 0.25) is 5.91 Å². The lowest BCUT2D eigenvalue weighted by atomic mass is 10.0. The summed E-state index contributed by atoms with van der Waals surface area (Å²) in [5.41, 5.74) is 2.14. The number of rotatable bonds is 9. The smallest absolute Gasteiger partial charge is 0.247 e. The van der Waals surface area contributed by atoms with Crippen molar-refractivity contribution >= 4 is 47.0 Å². The second kappa shape index (κ2) is 13.1. The Morgan fingerprint density at radius 1 is 1.20 bits per heavy atom. The molecule has 3 unspecified atom stereocenters. The molecular weight excluding hydrogens is 547 g/mol. The molecule has 0 radical (unpaired) electrons. The highest BCUT2D eigenvalue weighted by Gasteiger charge is 2.30. The van der Waals surface area contributed by atoms with Crippen LogP contribution in [0, 0.1) is 11.8 Å². The van der Waals surface area contributed by atoms with E-state index in [1.54, 1.807) is 32.6 Å². The number of nitrogens with zero attached hydrogens (tertiary/aromatic N) is 1. The Hall–Kier alpha value is -2.99. The van der Waals surface area contributed by atoms with Crippen LogP contribution in [0.5, 0.6) is 5.75 Å². The Morgan fingerprint density at radius 2 is 1.90 bits per heavy atom. The van der Waals surface area contributed by atoms with Crippen LogP contribution in [0.25, 0.3) is 0 Å². The quantitative estimate of drug-likeness (QED) is 0.131. The fourth-order valence-electron chi connectivity index (χ4n) is 3.89. The molecule has 3 atom stereocenters. The summed E-state index contributed by atoms with van der Waals surface area (Å²) < 4.78 is 18.5. The van der Waals surface area contributed by atoms with Gasteiger partial charge in [0, 0.05) is 23.6 Å². The molecule has 11 heteroatoms. The molecule has 40 heavy (non-hydrogen) atoms. The van der Waals surface area contributed by atoms with E-state index < -0.39 is 13.4 Å². The summed E-state index contributed by atoms with van der Waals surface area (Å²) in [6.07, 6.45) is 0.469. The number of carbonyl (C=O) groups excluding carboxylic acids is 1. The third-order valence-electron chi connectivity index (χ3n) is 6.72. The van der Waals surface area contributed by atoms with Crippen molar-refractivity contribution in [2.45, 2.75) is 37.2 Å². The predicted octanol–water partition coefficient (Wildman–Crippen LogP) is 3.69. The molecule has 0 aromatic heterocycles. The number of hydrogen-bond acceptors (Lipinski definition) is 8. The largest absolute Gasteiger partial charge is 0.495 e. The Kier molecular flexibility index (Phi) is 10.3. The van der Waals surface area contributed by atoms with Crippen LogP contribution in [0.3, 0.4) is 0 Å². The zero-order valence-corrected chi connectivity index (χ0v) is 25.8. The molecule has 0 aliphatic carbocycles. The van der Waals surface area contributed by atoms with E-state index in [1.807, 2.05) is 57.1 Å². The average molecular weight is 587 g/mol. The summed E-state index contributed by atoms with van der Waals surface area (Å²) in [5.74, 6) is 6.66. The lowest BCUT2D eigenvalue weighted by Gasteiger charge is -2.37. The molecule has 5 N–H and O–H groups in total. The van der Waals surface area contributed by atoms with Crippen molar-refractivity contribution in [1.29, 1.82) is 0 Å². The van der Waals surface area contributed by atoms with E-state index in [1.165, 1.54) is 6.08 Å². The van der Waals surface area contributed by atoms with Crippen LogP contribution in [-0.2, 0) is 9.36 Å². The molecule has 1 fully saturated rings. The molecule has 1 heterocycles. The van der Waals surface area contributed by atoms with Gasteiger partial charge in [-0.25, -0.2) is 0 Å². The van der Waals surface area contributed by atoms with Gasteiger partial charge in [0.05, 0.1) is 41.1 Å². The zero-order valence-electron chi connectivity index (χ0n) is 24.2. The first-order valence-electron chi connectivity index (χ1n) is 12.9. The van der Waals surface area contributed by atoms with Crippen molar-refractivity contribution in [2.24, 2.45) is 0 Å². The number of halogens is 1. The van der Waals surface area contributed by atoms with Crippen LogP contribution in [0.2, 0.25) is 0 Å². The number of nitrogens with one attached hydrogen (secondary N) is 5. The minimum absolute atomic E-state index is 0.291. The van der Waals surface area contributed by atoms with Gasteiger partial charge in [0.25, 0.3) is 0 Å². The summed E-state index contributed by atoms with van der Waals surface area (Å²) in [5, 5.41) is 16.9. The van der Waals surface area contributed by atoms with Gasteiger partial charge in [0.15, 0.2) is 0 Å². The van der Waals surface area contributed by atoms with Crippen molar-refractivity contribution < 1.29 is 14.1 Å². The van der Waals surface area contributed by atoms with Crippen molar-refractivity contribution in [2.75, 3.05) is 57.0 Å². The van der Waals surface area contributed by atoms with Crippen molar-refractivity contribution in [3.63, 3.8) is 0 Å². The number of anilines is 3. The molecule has 1 amide bonds. The molecule has 3 rings (SSSR count). The van der Waals surface area contributed by atoms with Gasteiger partial charge in [-0.05, 0) is 65.5 Å². The van der Waals surface area contributed by atoms with Crippen LogP contribution < -0.4 is 36.6 Å². The SMILES string of the molecule is C=CC(=O)Nc1cc(NC2NCC(Cl)C(Nc3ccccc3P(C)(C)=O)N2)c(OC)cc1C#CC(C)(C)N(C)C. The van der Waals surface area contributed by atoms with Gasteiger partial charge in [-0.3, -0.25) is 20.3 Å². The summed E-state index contributed by atoms with van der Waals surface area (Å²) in [6.45, 7) is 11.6. The van der Waals surface area contributed by atoms with Crippen LogP contribution in [0.4, 0.5) is 17.1 Å². The first kappa shape index (κ1) is 31.5. The van der Waals surface area contributed by atoms with Crippen molar-refractivity contribution in [1.82, 2.24) is 15.5 Å². The average Bonchev–Trinajstić information content (AvgIpc) is 2.89. The minimum Gasteiger partial charge on any atom is -0.495 e. The number of hydrogen-bond donors (Lipinski definition) is 5. The first-order chi connectivity index (χ1) is 18.7. The Labute approximate surface area is 242 Å². The second-order valence-electron chi connectivity index (χ2n) is 10.7. The normalized spacial score (nSPS) is 19.3. The highest BCUT2D eigenvalue weighted by Crippen LogP contribution is 2.38. The van der Waals surface area contributed by atoms with Gasteiger partial charge in [-0.2, -0.15) is 0 Å². The Bertz CT molecular complexity index is 1350. The van der Waals surface area contributed by atoms with Crippen LogP contribution >= 0.6 is 18.7 Å². The molecule has 0 spiro atoms. The van der Waals surface area contributed by atoms with E-state index in [-0.39, 0.29) is 23.0 Å². The minimum atomic E-state index is -2.51. The summed E-state index contributed by atoms with van der Waals surface area (Å²) in [4.78, 5) is 14.3. The number of para-hydroxylation sites is 1. The molecular formula is C29H40ClN6O3P. The summed E-state index contributed by atoms with van der Waals surface area (Å²) >= 11 is 6.65. The molecule has 0 saturated carbocycles. The maximum atomic E-state index is 12.8. The fourth-order valence-corrected chi connectivity index (χ4v) is 5.28. The highest BCUT2D eigenvalue weighted by atomic mass is 35.5. The Morgan fingerprint density at radius 3 is 2.52 bits per heavy atom.